The first-order valence-corrected chi connectivity index (χ1v) is 10.2. The molecule has 1 aromatic carbocycles. The average Bonchev–Trinajstić information content (AvgIpc) is 2.96. The van der Waals surface area contributed by atoms with Crippen LogP contribution in [0.1, 0.15) is 33.4 Å². The normalized spacial score (nSPS) is 17.0. The van der Waals surface area contributed by atoms with E-state index < -0.39 is 10.0 Å². The Morgan fingerprint density at radius 3 is 2.67 bits per heavy atom. The van der Waals surface area contributed by atoms with Gasteiger partial charge in [-0.15, -0.1) is 11.3 Å². The van der Waals surface area contributed by atoms with Crippen LogP contribution in [0.2, 0.25) is 0 Å². The minimum atomic E-state index is -3.32. The van der Waals surface area contributed by atoms with Gasteiger partial charge in [0.2, 0.25) is 10.0 Å². The van der Waals surface area contributed by atoms with Gasteiger partial charge in [0.25, 0.3) is 5.91 Å². The Hall–Kier alpha value is -1.93. The Labute approximate surface area is 145 Å². The highest BCUT2D eigenvalue weighted by molar-refractivity contribution is 7.92. The molecule has 1 aromatic heterocycles. The number of sulfonamides is 1. The molecule has 0 bridgehead atoms. The van der Waals surface area contributed by atoms with Gasteiger partial charge in [-0.05, 0) is 51.0 Å². The van der Waals surface area contributed by atoms with Crippen molar-refractivity contribution >= 4 is 38.1 Å². The summed E-state index contributed by atoms with van der Waals surface area (Å²) in [4.78, 5) is 17.8. The molecule has 2 heterocycles. The lowest BCUT2D eigenvalue weighted by molar-refractivity contribution is 0.102. The fourth-order valence-corrected chi connectivity index (χ4v) is 5.02. The van der Waals surface area contributed by atoms with Gasteiger partial charge in [-0.3, -0.25) is 14.4 Å². The predicted octanol–water partition coefficient (Wildman–Crippen LogP) is 2.72. The summed E-state index contributed by atoms with van der Waals surface area (Å²) >= 11 is 1.44. The van der Waals surface area contributed by atoms with Gasteiger partial charge in [-0.1, -0.05) is 0 Å². The minimum absolute atomic E-state index is 0.141. The van der Waals surface area contributed by atoms with E-state index in [1.54, 1.807) is 18.2 Å². The molecule has 0 saturated heterocycles. The Morgan fingerprint density at radius 2 is 2.08 bits per heavy atom. The number of rotatable bonds is 3. The predicted molar refractivity (Wildman–Crippen MR) is 96.5 cm³/mol. The lowest BCUT2D eigenvalue weighted by Gasteiger charge is -2.21. The van der Waals surface area contributed by atoms with Gasteiger partial charge in [-0.2, -0.15) is 0 Å². The average molecular weight is 365 g/mol. The molecular formula is C16H19N3O3S2. The van der Waals surface area contributed by atoms with Crippen LogP contribution in [0, 0.1) is 13.8 Å². The Balaban J connectivity index is 1.87. The molecule has 24 heavy (non-hydrogen) atoms. The van der Waals surface area contributed by atoms with Crippen LogP contribution in [0.3, 0.4) is 0 Å². The lowest BCUT2D eigenvalue weighted by Crippen LogP contribution is -2.34. The standard InChI is InChI=1S/C16H19N3O3S2/c1-9-7-13-8-12(5-6-14(13)19(9)24(4,21)22)15(20)18-16-17-10(2)11(3)23-16/h5-6,8-9H,7H2,1-4H3,(H,17,18,20). The van der Waals surface area contributed by atoms with E-state index in [9.17, 15) is 13.2 Å². The number of hydrogen-bond acceptors (Lipinski definition) is 5. The van der Waals surface area contributed by atoms with Gasteiger partial charge in [0.1, 0.15) is 0 Å². The molecule has 0 aliphatic carbocycles. The minimum Gasteiger partial charge on any atom is -0.298 e. The van der Waals surface area contributed by atoms with Gasteiger partial charge in [0.15, 0.2) is 5.13 Å². The first-order chi connectivity index (χ1) is 11.2. The zero-order valence-electron chi connectivity index (χ0n) is 14.0. The van der Waals surface area contributed by atoms with Crippen molar-refractivity contribution < 1.29 is 13.2 Å². The van der Waals surface area contributed by atoms with E-state index in [0.29, 0.717) is 22.8 Å². The number of carbonyl (C=O) groups excluding carboxylic acids is 1. The molecule has 1 aliphatic rings. The summed E-state index contributed by atoms with van der Waals surface area (Å²) in [6.45, 7) is 5.72. The molecule has 6 nitrogen and oxygen atoms in total. The number of amides is 1. The number of hydrogen-bond donors (Lipinski definition) is 1. The van der Waals surface area contributed by atoms with Crippen LogP contribution in [0.15, 0.2) is 18.2 Å². The van der Waals surface area contributed by atoms with Crippen molar-refractivity contribution in [2.24, 2.45) is 0 Å². The molecule has 0 saturated carbocycles. The molecule has 1 N–H and O–H groups in total. The van der Waals surface area contributed by atoms with Crippen LogP contribution < -0.4 is 9.62 Å². The van der Waals surface area contributed by atoms with Crippen molar-refractivity contribution in [3.05, 3.63) is 39.9 Å². The molecule has 2 aromatic rings. The highest BCUT2D eigenvalue weighted by Crippen LogP contribution is 2.35. The van der Waals surface area contributed by atoms with Crippen molar-refractivity contribution in [3.8, 4) is 0 Å². The maximum atomic E-state index is 12.4. The molecule has 0 radical (unpaired) electrons. The molecule has 1 atom stereocenters. The lowest BCUT2D eigenvalue weighted by atomic mass is 10.1. The SMILES string of the molecule is Cc1nc(NC(=O)c2ccc3c(c2)CC(C)N3S(C)(=O)=O)sc1C. The molecular weight excluding hydrogens is 346 g/mol. The van der Waals surface area contributed by atoms with E-state index in [1.165, 1.54) is 21.9 Å². The number of aromatic nitrogens is 1. The van der Waals surface area contributed by atoms with E-state index in [2.05, 4.69) is 10.3 Å². The van der Waals surface area contributed by atoms with Crippen molar-refractivity contribution in [2.45, 2.75) is 33.2 Å². The topological polar surface area (TPSA) is 79.4 Å². The molecule has 128 valence electrons. The molecule has 0 fully saturated rings. The number of carbonyl (C=O) groups is 1. The second-order valence-corrected chi connectivity index (χ2v) is 9.13. The van der Waals surface area contributed by atoms with E-state index in [0.717, 1.165) is 16.1 Å². The number of aryl methyl sites for hydroxylation is 2. The summed E-state index contributed by atoms with van der Waals surface area (Å²) < 4.78 is 25.3. The fraction of sp³-hybridized carbons (Fsp3) is 0.375. The second kappa shape index (κ2) is 5.86. The molecule has 1 aliphatic heterocycles. The number of nitrogens with zero attached hydrogens (tertiary/aromatic N) is 2. The molecule has 1 amide bonds. The smallest absolute Gasteiger partial charge is 0.257 e. The van der Waals surface area contributed by atoms with Gasteiger partial charge in [-0.25, -0.2) is 13.4 Å². The van der Waals surface area contributed by atoms with Crippen molar-refractivity contribution in [2.75, 3.05) is 15.9 Å². The third-order valence-electron chi connectivity index (χ3n) is 4.10. The summed E-state index contributed by atoms with van der Waals surface area (Å²) in [5.74, 6) is -0.239. The fourth-order valence-electron chi connectivity index (χ4n) is 2.94. The Bertz CT molecular complexity index is 899. The highest BCUT2D eigenvalue weighted by atomic mass is 32.2. The van der Waals surface area contributed by atoms with Gasteiger partial charge in [0, 0.05) is 16.5 Å². The summed E-state index contributed by atoms with van der Waals surface area (Å²) in [5.41, 5.74) is 2.93. The largest absolute Gasteiger partial charge is 0.298 e. The molecule has 3 rings (SSSR count). The van der Waals surface area contributed by atoms with E-state index in [4.69, 9.17) is 0 Å². The number of fused-ring (bicyclic) bond motifs is 1. The van der Waals surface area contributed by atoms with Crippen LogP contribution in [0.4, 0.5) is 10.8 Å². The monoisotopic (exact) mass is 365 g/mol. The molecule has 1 unspecified atom stereocenters. The molecule has 0 spiro atoms. The Morgan fingerprint density at radius 1 is 1.38 bits per heavy atom. The number of thiazole rings is 1. The molecule has 8 heteroatoms. The Kier molecular flexibility index (Phi) is 4.13. The van der Waals surface area contributed by atoms with E-state index >= 15 is 0 Å². The summed E-state index contributed by atoms with van der Waals surface area (Å²) in [5, 5.41) is 3.37. The first kappa shape index (κ1) is 16.9. The first-order valence-electron chi connectivity index (χ1n) is 7.54. The maximum absolute atomic E-state index is 12.4. The zero-order chi connectivity index (χ0) is 17.6. The summed E-state index contributed by atoms with van der Waals surface area (Å²) in [6.07, 6.45) is 1.80. The van der Waals surface area contributed by atoms with Crippen LogP contribution in [-0.2, 0) is 16.4 Å². The van der Waals surface area contributed by atoms with Crippen molar-refractivity contribution in [1.82, 2.24) is 4.98 Å². The maximum Gasteiger partial charge on any atom is 0.257 e. The summed E-state index contributed by atoms with van der Waals surface area (Å²) in [7, 11) is -3.32. The van der Waals surface area contributed by atoms with Gasteiger partial charge < -0.3 is 0 Å². The quantitative estimate of drug-likeness (QED) is 0.907. The van der Waals surface area contributed by atoms with E-state index in [1.807, 2.05) is 20.8 Å². The van der Waals surface area contributed by atoms with Crippen molar-refractivity contribution in [3.63, 3.8) is 0 Å². The number of benzene rings is 1. The highest BCUT2D eigenvalue weighted by Gasteiger charge is 2.32. The van der Waals surface area contributed by atoms with Crippen LogP contribution in [0.25, 0.3) is 0 Å². The summed E-state index contributed by atoms with van der Waals surface area (Å²) in [6, 6.07) is 4.97. The number of anilines is 2. The van der Waals surface area contributed by atoms with Crippen LogP contribution in [-0.4, -0.2) is 31.6 Å². The van der Waals surface area contributed by atoms with Gasteiger partial charge in [0.05, 0.1) is 17.6 Å². The third-order valence-corrected chi connectivity index (χ3v) is 6.36. The van der Waals surface area contributed by atoms with Crippen molar-refractivity contribution in [1.29, 1.82) is 0 Å². The van der Waals surface area contributed by atoms with E-state index in [-0.39, 0.29) is 11.9 Å². The third kappa shape index (κ3) is 3.03. The number of nitrogens with one attached hydrogen (secondary N) is 1. The second-order valence-electron chi connectivity index (χ2n) is 6.07. The van der Waals surface area contributed by atoms with Crippen LogP contribution >= 0.6 is 11.3 Å². The van der Waals surface area contributed by atoms with Crippen LogP contribution in [0.5, 0.6) is 0 Å². The van der Waals surface area contributed by atoms with Gasteiger partial charge >= 0.3 is 0 Å². The zero-order valence-corrected chi connectivity index (χ0v) is 15.6.